The lowest BCUT2D eigenvalue weighted by Crippen LogP contribution is -2.03. The Morgan fingerprint density at radius 1 is 1.41 bits per heavy atom. The highest BCUT2D eigenvalue weighted by molar-refractivity contribution is 6.30. The third-order valence-electron chi connectivity index (χ3n) is 2.37. The highest BCUT2D eigenvalue weighted by Gasteiger charge is 2.07. The van der Waals surface area contributed by atoms with Crippen molar-refractivity contribution in [3.63, 3.8) is 0 Å². The van der Waals surface area contributed by atoms with E-state index < -0.39 is 0 Å². The van der Waals surface area contributed by atoms with Crippen molar-refractivity contribution >= 4 is 17.4 Å². The summed E-state index contributed by atoms with van der Waals surface area (Å²) in [5, 5.41) is 13.5. The molecule has 0 saturated carbocycles. The van der Waals surface area contributed by atoms with Gasteiger partial charge in [-0.1, -0.05) is 23.7 Å². The van der Waals surface area contributed by atoms with Crippen molar-refractivity contribution in [2.75, 3.05) is 5.73 Å². The molecule has 2 rings (SSSR count). The van der Waals surface area contributed by atoms with Crippen molar-refractivity contribution in [3.05, 3.63) is 35.4 Å². The van der Waals surface area contributed by atoms with Crippen molar-refractivity contribution in [2.45, 2.75) is 13.0 Å². The number of rotatable bonds is 3. The molecule has 0 aliphatic rings. The summed E-state index contributed by atoms with van der Waals surface area (Å²) < 4.78 is 1.62. The fraction of sp³-hybridized carbons (Fsp3) is 0.167. The molecule has 4 nitrogen and oxygen atoms in total. The second-order valence-corrected chi connectivity index (χ2v) is 4.03. The highest BCUT2D eigenvalue weighted by Crippen LogP contribution is 2.23. The Morgan fingerprint density at radius 3 is 2.94 bits per heavy atom. The molecule has 1 heterocycles. The lowest BCUT2D eigenvalue weighted by atomic mass is 10.1. The summed E-state index contributed by atoms with van der Waals surface area (Å²) in [6, 6.07) is 11.3. The Bertz CT molecular complexity index is 568. The number of hydrogen-bond donors (Lipinski definition) is 1. The number of anilines is 1. The molecule has 0 spiro atoms. The van der Waals surface area contributed by atoms with Crippen LogP contribution in [-0.4, -0.2) is 9.78 Å². The van der Waals surface area contributed by atoms with E-state index in [1.807, 2.05) is 18.2 Å². The summed E-state index contributed by atoms with van der Waals surface area (Å²) in [5.74, 6) is 0.551. The van der Waals surface area contributed by atoms with Crippen LogP contribution in [0.1, 0.15) is 6.42 Å². The van der Waals surface area contributed by atoms with Crippen LogP contribution in [0.15, 0.2) is 30.3 Å². The van der Waals surface area contributed by atoms with E-state index in [0.717, 1.165) is 11.3 Å². The monoisotopic (exact) mass is 246 g/mol. The van der Waals surface area contributed by atoms with Crippen LogP contribution in [0.4, 0.5) is 5.82 Å². The van der Waals surface area contributed by atoms with Gasteiger partial charge in [0.25, 0.3) is 0 Å². The molecule has 0 fully saturated rings. The molecule has 1 aromatic heterocycles. The van der Waals surface area contributed by atoms with Gasteiger partial charge >= 0.3 is 0 Å². The Labute approximate surface area is 104 Å². The quantitative estimate of drug-likeness (QED) is 0.905. The SMILES string of the molecule is N#CCCn1nc(-c2cccc(Cl)c2)cc1N. The number of benzene rings is 1. The molecule has 1 aromatic carbocycles. The van der Waals surface area contributed by atoms with Gasteiger partial charge < -0.3 is 5.73 Å². The first-order chi connectivity index (χ1) is 8.20. The zero-order valence-electron chi connectivity index (χ0n) is 9.10. The molecule has 17 heavy (non-hydrogen) atoms. The molecule has 5 heteroatoms. The van der Waals surface area contributed by atoms with Crippen LogP contribution in [0.5, 0.6) is 0 Å². The average Bonchev–Trinajstić information content (AvgIpc) is 2.68. The lowest BCUT2D eigenvalue weighted by molar-refractivity contribution is 0.639. The Morgan fingerprint density at radius 2 is 2.24 bits per heavy atom. The molecular weight excluding hydrogens is 236 g/mol. The van der Waals surface area contributed by atoms with Crippen molar-refractivity contribution in [1.82, 2.24) is 9.78 Å². The first-order valence-electron chi connectivity index (χ1n) is 5.17. The molecule has 0 amide bonds. The van der Waals surface area contributed by atoms with Gasteiger partial charge in [0.1, 0.15) is 5.82 Å². The molecule has 0 aliphatic carbocycles. The largest absolute Gasteiger partial charge is 0.384 e. The summed E-state index contributed by atoms with van der Waals surface area (Å²) in [5.41, 5.74) is 7.50. The van der Waals surface area contributed by atoms with Crippen molar-refractivity contribution in [1.29, 1.82) is 5.26 Å². The number of nitrogen functional groups attached to an aromatic ring is 1. The van der Waals surface area contributed by atoms with E-state index in [9.17, 15) is 0 Å². The standard InChI is InChI=1S/C12H11ClN4/c13-10-4-1-3-9(7-10)11-8-12(15)17(16-11)6-2-5-14/h1,3-4,7-8H,2,6,15H2. The van der Waals surface area contributed by atoms with Gasteiger partial charge in [0.15, 0.2) is 0 Å². The zero-order chi connectivity index (χ0) is 12.3. The fourth-order valence-corrected chi connectivity index (χ4v) is 1.75. The van der Waals surface area contributed by atoms with Gasteiger partial charge in [-0.15, -0.1) is 0 Å². The second kappa shape index (κ2) is 4.89. The van der Waals surface area contributed by atoms with Crippen LogP contribution in [0.3, 0.4) is 0 Å². The molecule has 2 aromatic rings. The van der Waals surface area contributed by atoms with Crippen LogP contribution in [0, 0.1) is 11.3 Å². The number of aryl methyl sites for hydroxylation is 1. The van der Waals surface area contributed by atoms with Gasteiger partial charge in [0.2, 0.25) is 0 Å². The highest BCUT2D eigenvalue weighted by atomic mass is 35.5. The molecule has 0 radical (unpaired) electrons. The topological polar surface area (TPSA) is 67.6 Å². The first-order valence-corrected chi connectivity index (χ1v) is 5.54. The van der Waals surface area contributed by atoms with Crippen molar-refractivity contribution < 1.29 is 0 Å². The van der Waals surface area contributed by atoms with Gasteiger partial charge in [-0.2, -0.15) is 10.4 Å². The van der Waals surface area contributed by atoms with Gasteiger partial charge in [-0.05, 0) is 12.1 Å². The van der Waals surface area contributed by atoms with E-state index in [2.05, 4.69) is 11.2 Å². The maximum atomic E-state index is 8.53. The van der Waals surface area contributed by atoms with Gasteiger partial charge in [0.05, 0.1) is 24.7 Å². The zero-order valence-corrected chi connectivity index (χ0v) is 9.85. The minimum atomic E-state index is 0.390. The summed E-state index contributed by atoms with van der Waals surface area (Å²) in [4.78, 5) is 0. The van der Waals surface area contributed by atoms with E-state index in [1.165, 1.54) is 0 Å². The Kier molecular flexibility index (Phi) is 3.31. The minimum absolute atomic E-state index is 0.390. The van der Waals surface area contributed by atoms with Gasteiger partial charge in [0, 0.05) is 16.7 Å². The predicted molar refractivity (Wildman–Crippen MR) is 67.3 cm³/mol. The fourth-order valence-electron chi connectivity index (χ4n) is 1.56. The van der Waals surface area contributed by atoms with E-state index in [0.29, 0.717) is 23.8 Å². The number of nitriles is 1. The second-order valence-electron chi connectivity index (χ2n) is 3.60. The average molecular weight is 247 g/mol. The smallest absolute Gasteiger partial charge is 0.122 e. The third kappa shape index (κ3) is 2.58. The van der Waals surface area contributed by atoms with E-state index in [4.69, 9.17) is 22.6 Å². The number of nitrogens with zero attached hydrogens (tertiary/aromatic N) is 3. The maximum Gasteiger partial charge on any atom is 0.122 e. The molecule has 0 saturated heterocycles. The maximum absolute atomic E-state index is 8.53. The van der Waals surface area contributed by atoms with E-state index in [-0.39, 0.29) is 0 Å². The minimum Gasteiger partial charge on any atom is -0.384 e. The summed E-state index contributed by atoms with van der Waals surface area (Å²) in [7, 11) is 0. The Balaban J connectivity index is 2.31. The van der Waals surface area contributed by atoms with E-state index in [1.54, 1.807) is 16.8 Å². The predicted octanol–water partition coefficient (Wildman–Crippen LogP) is 2.70. The summed E-state index contributed by atoms with van der Waals surface area (Å²) in [6.07, 6.45) is 0.390. The lowest BCUT2D eigenvalue weighted by Gasteiger charge is -1.99. The van der Waals surface area contributed by atoms with Crippen LogP contribution >= 0.6 is 11.6 Å². The molecule has 2 N–H and O–H groups in total. The van der Waals surface area contributed by atoms with Gasteiger partial charge in [-0.25, -0.2) is 4.68 Å². The summed E-state index contributed by atoms with van der Waals surface area (Å²) >= 11 is 5.92. The number of aromatic nitrogens is 2. The normalized spacial score (nSPS) is 10.1. The third-order valence-corrected chi connectivity index (χ3v) is 2.60. The first kappa shape index (κ1) is 11.5. The molecule has 0 atom stereocenters. The van der Waals surface area contributed by atoms with Crippen LogP contribution in [0.2, 0.25) is 5.02 Å². The molecule has 0 bridgehead atoms. The van der Waals surface area contributed by atoms with Gasteiger partial charge in [-0.3, -0.25) is 0 Å². The van der Waals surface area contributed by atoms with Crippen molar-refractivity contribution in [2.24, 2.45) is 0 Å². The van der Waals surface area contributed by atoms with Crippen LogP contribution < -0.4 is 5.73 Å². The molecule has 0 unspecified atom stereocenters. The van der Waals surface area contributed by atoms with Crippen molar-refractivity contribution in [3.8, 4) is 17.3 Å². The number of nitrogens with two attached hydrogens (primary N) is 1. The molecule has 86 valence electrons. The molecule has 0 aliphatic heterocycles. The Hall–Kier alpha value is -1.99. The van der Waals surface area contributed by atoms with Crippen LogP contribution in [0.25, 0.3) is 11.3 Å². The number of halogens is 1. The molecular formula is C12H11ClN4. The van der Waals surface area contributed by atoms with Crippen LogP contribution in [-0.2, 0) is 6.54 Å². The summed E-state index contributed by atoms with van der Waals surface area (Å²) in [6.45, 7) is 0.503. The number of hydrogen-bond acceptors (Lipinski definition) is 3. The van der Waals surface area contributed by atoms with E-state index >= 15 is 0 Å².